The van der Waals surface area contributed by atoms with E-state index in [1.165, 1.54) is 69.8 Å². The number of fused-ring (bicyclic) bond motifs is 1. The molecule has 0 heterocycles. The summed E-state index contributed by atoms with van der Waals surface area (Å²) in [5.41, 5.74) is 7.53. The third kappa shape index (κ3) is 10.2. The molecule has 2 aliphatic rings. The molecule has 0 saturated heterocycles. The normalized spacial score (nSPS) is 14.0. The number of halogens is 2. The Bertz CT molecular complexity index is 783. The van der Waals surface area contributed by atoms with Crippen LogP contribution in [-0.2, 0) is 37.1 Å². The molecule has 0 aliphatic heterocycles. The molecule has 31 heavy (non-hydrogen) atoms. The van der Waals surface area contributed by atoms with Crippen LogP contribution in [0.15, 0.2) is 65.8 Å². The summed E-state index contributed by atoms with van der Waals surface area (Å²) in [6.45, 7) is 11.1. The largest absolute Gasteiger partial charge is 1.00 e. The Kier molecular flexibility index (Phi) is 15.7. The third-order valence-corrected chi connectivity index (χ3v) is 6.19. The molecule has 0 N–H and O–H groups in total. The van der Waals surface area contributed by atoms with Gasteiger partial charge in [-0.3, -0.25) is 6.08 Å². The summed E-state index contributed by atoms with van der Waals surface area (Å²) in [4.78, 5) is 0. The molecule has 0 saturated carbocycles. The number of hydrogen-bond acceptors (Lipinski definition) is 0. The molecule has 3 heteroatoms. The van der Waals surface area contributed by atoms with Crippen LogP contribution in [0.4, 0.5) is 0 Å². The summed E-state index contributed by atoms with van der Waals surface area (Å²) < 4.78 is 1.46. The minimum atomic E-state index is 0. The monoisotopic (exact) mass is 532 g/mol. The first kappa shape index (κ1) is 30.4. The van der Waals surface area contributed by atoms with Crippen LogP contribution >= 0.6 is 0 Å². The maximum atomic E-state index is 3.41. The average Bonchev–Trinajstić information content (AvgIpc) is 3.39. The second-order valence-corrected chi connectivity index (χ2v) is 10.4. The van der Waals surface area contributed by atoms with E-state index in [0.29, 0.717) is 11.8 Å². The second-order valence-electron chi connectivity index (χ2n) is 8.54. The molecule has 2 aromatic rings. The first-order valence-electron chi connectivity index (χ1n) is 11.0. The van der Waals surface area contributed by atoms with Crippen molar-refractivity contribution in [1.82, 2.24) is 0 Å². The van der Waals surface area contributed by atoms with Crippen molar-refractivity contribution in [2.24, 2.45) is 11.8 Å². The first-order chi connectivity index (χ1) is 13.9. The van der Waals surface area contributed by atoms with Gasteiger partial charge in [-0.2, -0.15) is 34.9 Å². The zero-order valence-corrected chi connectivity index (χ0v) is 23.6. The van der Waals surface area contributed by atoms with Crippen molar-refractivity contribution in [3.05, 3.63) is 88.5 Å². The van der Waals surface area contributed by atoms with Crippen molar-refractivity contribution < 1.29 is 49.0 Å². The van der Waals surface area contributed by atoms with Crippen molar-refractivity contribution in [1.29, 1.82) is 0 Å². The van der Waals surface area contributed by atoms with E-state index in [0.717, 1.165) is 6.42 Å². The maximum Gasteiger partial charge on any atom is -0.0512 e. The van der Waals surface area contributed by atoms with Crippen molar-refractivity contribution >= 4 is 3.21 Å². The molecule has 4 rings (SSSR count). The summed E-state index contributed by atoms with van der Waals surface area (Å²) in [6.07, 6.45) is 12.2. The van der Waals surface area contributed by atoms with Gasteiger partial charge in [0.2, 0.25) is 0 Å². The van der Waals surface area contributed by atoms with E-state index >= 15 is 0 Å². The molecular weight excluding hydrogens is 498 g/mol. The molecule has 0 amide bonds. The molecule has 0 fully saturated rings. The van der Waals surface area contributed by atoms with Crippen LogP contribution in [0.5, 0.6) is 0 Å². The van der Waals surface area contributed by atoms with E-state index in [9.17, 15) is 0 Å². The Morgan fingerprint density at radius 3 is 2.06 bits per heavy atom. The van der Waals surface area contributed by atoms with Gasteiger partial charge in [0, 0.05) is 0 Å². The van der Waals surface area contributed by atoms with Crippen molar-refractivity contribution in [3.63, 3.8) is 0 Å². The van der Waals surface area contributed by atoms with Crippen molar-refractivity contribution in [2.75, 3.05) is 0 Å². The van der Waals surface area contributed by atoms with Gasteiger partial charge in [-0.05, 0) is 0 Å². The van der Waals surface area contributed by atoms with E-state index in [2.05, 4.69) is 89.2 Å². The average molecular weight is 535 g/mol. The fraction of sp³-hybridized carbons (Fsp3) is 0.429. The molecule has 0 atom stereocenters. The Balaban J connectivity index is 0.000000424. The van der Waals surface area contributed by atoms with Gasteiger partial charge in [0.05, 0.1) is 0 Å². The molecule has 0 aromatic heterocycles. The predicted molar refractivity (Wildman–Crippen MR) is 124 cm³/mol. The third-order valence-electron chi connectivity index (χ3n) is 5.48. The Morgan fingerprint density at radius 2 is 1.58 bits per heavy atom. The summed E-state index contributed by atoms with van der Waals surface area (Å²) in [6, 6.07) is 17.2. The van der Waals surface area contributed by atoms with Gasteiger partial charge in [0.1, 0.15) is 0 Å². The van der Waals surface area contributed by atoms with Gasteiger partial charge >= 0.3 is 70.3 Å². The summed E-state index contributed by atoms with van der Waals surface area (Å²) in [5.74, 6) is 1.31. The molecule has 2 aliphatic carbocycles. The Labute approximate surface area is 218 Å². The minimum absolute atomic E-state index is 0. The minimum Gasteiger partial charge on any atom is -1.00 e. The summed E-state index contributed by atoms with van der Waals surface area (Å²) in [5, 5.41) is 0. The quantitative estimate of drug-likeness (QED) is 0.523. The number of benzene rings is 1. The number of aryl methyl sites for hydroxylation is 2. The van der Waals surface area contributed by atoms with Crippen LogP contribution in [0.2, 0.25) is 0 Å². The van der Waals surface area contributed by atoms with Crippen molar-refractivity contribution in [3.8, 4) is 0 Å². The number of rotatable bonds is 3. The van der Waals surface area contributed by atoms with Gasteiger partial charge in [-0.15, -0.1) is 6.42 Å². The second kappa shape index (κ2) is 16.1. The van der Waals surface area contributed by atoms with E-state index in [-0.39, 0.29) is 24.8 Å². The smallest absolute Gasteiger partial charge is 0.0512 e. The fourth-order valence-electron chi connectivity index (χ4n) is 3.87. The predicted octanol–water partition coefficient (Wildman–Crippen LogP) is 1.42. The fourth-order valence-corrected chi connectivity index (χ4v) is 4.28. The van der Waals surface area contributed by atoms with Gasteiger partial charge in [0.25, 0.3) is 0 Å². The van der Waals surface area contributed by atoms with Crippen LogP contribution in [-0.4, -0.2) is 3.21 Å². The number of hydrogen-bond donors (Lipinski definition) is 0. The molecule has 168 valence electrons. The van der Waals surface area contributed by atoms with Crippen LogP contribution in [0.25, 0.3) is 0 Å². The van der Waals surface area contributed by atoms with E-state index in [4.69, 9.17) is 0 Å². The Morgan fingerprint density at radius 1 is 0.935 bits per heavy atom. The van der Waals surface area contributed by atoms with Gasteiger partial charge in [0.15, 0.2) is 0 Å². The maximum absolute atomic E-state index is 3.41. The molecular formula is C28H36Cl2Zr-2. The zero-order chi connectivity index (χ0) is 21.2. The number of allylic oxidation sites excluding steroid dienone is 4. The molecule has 0 nitrogen and oxygen atoms in total. The Hall–Kier alpha value is -0.617. The SMILES string of the molecule is CC(C)C1=[C-]CC=C1C(C)C.C[C](=[Zr+2])c1ccccc1.[Cl-].[Cl-].c1cc2c([cH-]1)CCCC2. The molecule has 0 bridgehead atoms. The van der Waals surface area contributed by atoms with Gasteiger partial charge in [-0.1, -0.05) is 65.2 Å². The first-order valence-corrected chi connectivity index (χ1v) is 12.3. The molecule has 0 unspecified atom stereocenters. The van der Waals surface area contributed by atoms with Crippen LogP contribution in [0.3, 0.4) is 0 Å². The summed E-state index contributed by atoms with van der Waals surface area (Å²) in [7, 11) is 0. The topological polar surface area (TPSA) is 0 Å². The van der Waals surface area contributed by atoms with Crippen LogP contribution in [0.1, 0.15) is 70.6 Å². The zero-order valence-electron chi connectivity index (χ0n) is 19.6. The molecule has 0 spiro atoms. The van der Waals surface area contributed by atoms with E-state index < -0.39 is 0 Å². The summed E-state index contributed by atoms with van der Waals surface area (Å²) >= 11 is 1.51. The van der Waals surface area contributed by atoms with E-state index in [1.54, 1.807) is 11.1 Å². The van der Waals surface area contributed by atoms with Crippen LogP contribution in [0, 0.1) is 17.9 Å². The van der Waals surface area contributed by atoms with Crippen molar-refractivity contribution in [2.45, 2.75) is 66.7 Å². The van der Waals surface area contributed by atoms with E-state index in [1.807, 2.05) is 6.07 Å². The molecule has 0 radical (unpaired) electrons. The van der Waals surface area contributed by atoms with Gasteiger partial charge in [-0.25, -0.2) is 11.6 Å². The van der Waals surface area contributed by atoms with Gasteiger partial charge < -0.3 is 24.8 Å². The van der Waals surface area contributed by atoms with Crippen LogP contribution < -0.4 is 24.8 Å². The standard InChI is InChI=1S/C11H17.C9H11.C8H8.2ClH.Zr/c1-8(2)10-6-5-7-11(10)9(3)4;1-2-5-9-7-3-6-8(9)4-1;1-2-8-6-4-3-5-7-8;;;/h6,8-9H,5H2,1-4H3;3,6-7H,1-2,4-5H2;3-7H,1H3;2*1H;/q2*-1;;;;+2/p-2. The molecule has 2 aromatic carbocycles.